The van der Waals surface area contributed by atoms with E-state index < -0.39 is 0 Å². The normalized spacial score (nSPS) is 10.5. The van der Waals surface area contributed by atoms with Crippen LogP contribution >= 0.6 is 0 Å². The Morgan fingerprint density at radius 3 is 2.36 bits per heavy atom. The lowest BCUT2D eigenvalue weighted by atomic mass is 10.1. The van der Waals surface area contributed by atoms with Gasteiger partial charge in [0.2, 0.25) is 0 Å². The zero-order valence-corrected chi connectivity index (χ0v) is 13.5. The molecule has 0 bridgehead atoms. The topological polar surface area (TPSA) is 38.3 Å². The molecule has 0 aliphatic heterocycles. The number of carbonyl (C=O) groups is 1. The van der Waals surface area contributed by atoms with Crippen LogP contribution in [0.25, 0.3) is 0 Å². The molecule has 0 aromatic heterocycles. The van der Waals surface area contributed by atoms with E-state index >= 15 is 0 Å². The maximum atomic E-state index is 12.2. The number of hydrogen-bond donors (Lipinski definition) is 1. The van der Waals surface area contributed by atoms with Gasteiger partial charge in [0.15, 0.2) is 0 Å². The van der Waals surface area contributed by atoms with Gasteiger partial charge in [-0.3, -0.25) is 4.79 Å². The highest BCUT2D eigenvalue weighted by Crippen LogP contribution is 2.11. The molecule has 1 amide bonds. The molecule has 0 unspecified atom stereocenters. The summed E-state index contributed by atoms with van der Waals surface area (Å²) in [5, 5.41) is 2.97. The molecular formula is C19H23NO2. The van der Waals surface area contributed by atoms with E-state index in [0.29, 0.717) is 19.8 Å². The fraction of sp³-hybridized carbons (Fsp3) is 0.316. The number of carbonyl (C=O) groups excluding carboxylic acids is 1. The third-order valence-corrected chi connectivity index (χ3v) is 3.58. The number of amides is 1. The molecule has 0 saturated heterocycles. The Morgan fingerprint density at radius 1 is 1.05 bits per heavy atom. The lowest BCUT2D eigenvalue weighted by molar-refractivity contribution is 0.0950. The average molecular weight is 297 g/mol. The van der Waals surface area contributed by atoms with Gasteiger partial charge in [0.1, 0.15) is 0 Å². The zero-order valence-electron chi connectivity index (χ0n) is 13.5. The van der Waals surface area contributed by atoms with Crippen molar-refractivity contribution in [3.63, 3.8) is 0 Å². The minimum atomic E-state index is -0.0316. The maximum absolute atomic E-state index is 12.2. The second kappa shape index (κ2) is 7.76. The molecule has 0 radical (unpaired) electrons. The van der Waals surface area contributed by atoms with Gasteiger partial charge in [-0.05, 0) is 43.5 Å². The number of ether oxygens (including phenoxy) is 1. The summed E-state index contributed by atoms with van der Waals surface area (Å²) in [6.07, 6.45) is 0. The first-order valence-electron chi connectivity index (χ1n) is 7.61. The summed E-state index contributed by atoms with van der Waals surface area (Å²) in [5.41, 5.74) is 5.13. The summed E-state index contributed by atoms with van der Waals surface area (Å²) in [4.78, 5) is 12.2. The first-order chi connectivity index (χ1) is 10.6. The Balaban J connectivity index is 1.93. The van der Waals surface area contributed by atoms with E-state index in [0.717, 1.165) is 22.3 Å². The molecular weight excluding hydrogens is 274 g/mol. The fourth-order valence-corrected chi connectivity index (χ4v) is 2.32. The summed E-state index contributed by atoms with van der Waals surface area (Å²) in [6.45, 7) is 7.85. The molecule has 2 aromatic carbocycles. The van der Waals surface area contributed by atoms with Crippen molar-refractivity contribution in [2.45, 2.75) is 33.9 Å². The van der Waals surface area contributed by atoms with E-state index in [4.69, 9.17) is 4.74 Å². The highest BCUT2D eigenvalue weighted by Gasteiger charge is 2.08. The summed E-state index contributed by atoms with van der Waals surface area (Å²) in [6, 6.07) is 14.0. The van der Waals surface area contributed by atoms with E-state index in [1.807, 2.05) is 63.2 Å². The molecule has 3 heteroatoms. The molecule has 0 fully saturated rings. The lowest BCUT2D eigenvalue weighted by Crippen LogP contribution is -2.23. The molecule has 2 aromatic rings. The van der Waals surface area contributed by atoms with Gasteiger partial charge < -0.3 is 10.1 Å². The lowest BCUT2D eigenvalue weighted by Gasteiger charge is -2.09. The average Bonchev–Trinajstić information content (AvgIpc) is 2.51. The molecule has 2 rings (SSSR count). The Labute approximate surface area is 132 Å². The number of benzene rings is 2. The van der Waals surface area contributed by atoms with E-state index in [1.165, 1.54) is 5.56 Å². The Kier molecular flexibility index (Phi) is 5.73. The minimum Gasteiger partial charge on any atom is -0.377 e. The largest absolute Gasteiger partial charge is 0.377 e. The Hall–Kier alpha value is -2.13. The first kappa shape index (κ1) is 16.2. The van der Waals surface area contributed by atoms with E-state index in [-0.39, 0.29) is 5.91 Å². The smallest absolute Gasteiger partial charge is 0.251 e. The fourth-order valence-electron chi connectivity index (χ4n) is 2.32. The number of aryl methyl sites for hydroxylation is 2. The van der Waals surface area contributed by atoms with Crippen molar-refractivity contribution in [2.75, 3.05) is 6.61 Å². The second-order valence-electron chi connectivity index (χ2n) is 5.45. The molecule has 22 heavy (non-hydrogen) atoms. The third-order valence-electron chi connectivity index (χ3n) is 3.58. The van der Waals surface area contributed by atoms with Gasteiger partial charge in [-0.25, -0.2) is 0 Å². The predicted molar refractivity (Wildman–Crippen MR) is 88.9 cm³/mol. The summed E-state index contributed by atoms with van der Waals surface area (Å²) >= 11 is 0. The van der Waals surface area contributed by atoms with Gasteiger partial charge in [0.05, 0.1) is 6.61 Å². The van der Waals surface area contributed by atoms with E-state index in [2.05, 4.69) is 5.32 Å². The van der Waals surface area contributed by atoms with Gasteiger partial charge in [-0.1, -0.05) is 42.0 Å². The Bertz CT molecular complexity index is 632. The van der Waals surface area contributed by atoms with Crippen LogP contribution in [0.1, 0.15) is 39.5 Å². The van der Waals surface area contributed by atoms with Gasteiger partial charge in [-0.2, -0.15) is 0 Å². The van der Waals surface area contributed by atoms with Crippen LogP contribution in [0.4, 0.5) is 0 Å². The zero-order chi connectivity index (χ0) is 15.9. The molecule has 1 N–H and O–H groups in total. The van der Waals surface area contributed by atoms with Crippen LogP contribution < -0.4 is 5.32 Å². The predicted octanol–water partition coefficient (Wildman–Crippen LogP) is 3.77. The summed E-state index contributed by atoms with van der Waals surface area (Å²) in [5.74, 6) is -0.0316. The minimum absolute atomic E-state index is 0.0316. The quantitative estimate of drug-likeness (QED) is 0.881. The number of rotatable bonds is 6. The van der Waals surface area contributed by atoms with Gasteiger partial charge >= 0.3 is 0 Å². The molecule has 0 aliphatic carbocycles. The standard InChI is InChI=1S/C19H23NO2/c1-4-22-13-17-8-6-16(7-9-17)12-20-19(21)18-10-5-14(2)11-15(18)3/h5-11H,4,12-13H2,1-3H3,(H,20,21). The van der Waals surface area contributed by atoms with E-state index in [9.17, 15) is 4.79 Å². The SMILES string of the molecule is CCOCc1ccc(CNC(=O)c2ccc(C)cc2C)cc1. The summed E-state index contributed by atoms with van der Waals surface area (Å²) in [7, 11) is 0. The summed E-state index contributed by atoms with van der Waals surface area (Å²) < 4.78 is 5.37. The van der Waals surface area contributed by atoms with Crippen LogP contribution in [0.5, 0.6) is 0 Å². The van der Waals surface area contributed by atoms with Crippen molar-refractivity contribution >= 4 is 5.91 Å². The van der Waals surface area contributed by atoms with E-state index in [1.54, 1.807) is 0 Å². The van der Waals surface area contributed by atoms with Crippen LogP contribution in [0.15, 0.2) is 42.5 Å². The Morgan fingerprint density at radius 2 is 1.73 bits per heavy atom. The molecule has 0 aliphatic rings. The molecule has 0 atom stereocenters. The van der Waals surface area contributed by atoms with Crippen molar-refractivity contribution in [1.29, 1.82) is 0 Å². The maximum Gasteiger partial charge on any atom is 0.251 e. The monoisotopic (exact) mass is 297 g/mol. The van der Waals surface area contributed by atoms with Crippen LogP contribution in [-0.2, 0) is 17.9 Å². The van der Waals surface area contributed by atoms with Crippen LogP contribution in [-0.4, -0.2) is 12.5 Å². The number of hydrogen-bond acceptors (Lipinski definition) is 2. The van der Waals surface area contributed by atoms with Crippen molar-refractivity contribution in [2.24, 2.45) is 0 Å². The van der Waals surface area contributed by atoms with Crippen LogP contribution in [0.2, 0.25) is 0 Å². The number of nitrogens with one attached hydrogen (secondary N) is 1. The molecule has 0 spiro atoms. The van der Waals surface area contributed by atoms with Crippen molar-refractivity contribution in [3.8, 4) is 0 Å². The van der Waals surface area contributed by atoms with Gasteiger partial charge in [0, 0.05) is 18.7 Å². The second-order valence-corrected chi connectivity index (χ2v) is 5.45. The molecule has 0 heterocycles. The molecule has 116 valence electrons. The van der Waals surface area contributed by atoms with Gasteiger partial charge in [-0.15, -0.1) is 0 Å². The van der Waals surface area contributed by atoms with Crippen LogP contribution in [0, 0.1) is 13.8 Å². The van der Waals surface area contributed by atoms with Gasteiger partial charge in [0.25, 0.3) is 5.91 Å². The highest BCUT2D eigenvalue weighted by atomic mass is 16.5. The van der Waals surface area contributed by atoms with Crippen molar-refractivity contribution in [3.05, 3.63) is 70.3 Å². The highest BCUT2D eigenvalue weighted by molar-refractivity contribution is 5.95. The van der Waals surface area contributed by atoms with Crippen LogP contribution in [0.3, 0.4) is 0 Å². The molecule has 3 nitrogen and oxygen atoms in total. The third kappa shape index (κ3) is 4.43. The van der Waals surface area contributed by atoms with Crippen molar-refractivity contribution in [1.82, 2.24) is 5.32 Å². The first-order valence-corrected chi connectivity index (χ1v) is 7.61. The van der Waals surface area contributed by atoms with Crippen molar-refractivity contribution < 1.29 is 9.53 Å². The molecule has 0 saturated carbocycles.